The van der Waals surface area contributed by atoms with Crippen LogP contribution in [0, 0.1) is 0 Å². The van der Waals surface area contributed by atoms with Gasteiger partial charge >= 0.3 is 5.97 Å². The highest BCUT2D eigenvalue weighted by Gasteiger charge is 2.22. The van der Waals surface area contributed by atoms with Crippen LogP contribution in [0.15, 0.2) is 47.2 Å². The number of anilines is 1. The Balaban J connectivity index is 2.40. The molecule has 108 valence electrons. The zero-order chi connectivity index (χ0) is 15.4. The Morgan fingerprint density at radius 1 is 1.24 bits per heavy atom. The Hall–Kier alpha value is -1.92. The number of halogens is 2. The van der Waals surface area contributed by atoms with Crippen LogP contribution in [0.5, 0.6) is 0 Å². The first kappa shape index (κ1) is 15.5. The summed E-state index contributed by atoms with van der Waals surface area (Å²) < 4.78 is 0.361. The van der Waals surface area contributed by atoms with Crippen molar-refractivity contribution in [2.24, 2.45) is 0 Å². The van der Waals surface area contributed by atoms with Crippen molar-refractivity contribution in [2.45, 2.75) is 0 Å². The van der Waals surface area contributed by atoms with Crippen molar-refractivity contribution in [3.8, 4) is 0 Å². The van der Waals surface area contributed by atoms with Crippen LogP contribution in [0.2, 0.25) is 5.02 Å². The molecule has 7 heteroatoms. The summed E-state index contributed by atoms with van der Waals surface area (Å²) in [6, 6.07) is 9.55. The number of nitrogens with zero attached hydrogens (tertiary/aromatic N) is 2. The van der Waals surface area contributed by atoms with Crippen LogP contribution < -0.4 is 4.90 Å². The van der Waals surface area contributed by atoms with E-state index in [1.807, 2.05) is 0 Å². The van der Waals surface area contributed by atoms with E-state index in [0.717, 1.165) is 4.90 Å². The molecule has 1 amide bonds. The zero-order valence-corrected chi connectivity index (χ0v) is 13.0. The average Bonchev–Trinajstić information content (AvgIpc) is 2.45. The third kappa shape index (κ3) is 3.80. The average molecular weight is 370 g/mol. The second kappa shape index (κ2) is 6.69. The van der Waals surface area contributed by atoms with Crippen LogP contribution in [-0.4, -0.2) is 28.5 Å². The van der Waals surface area contributed by atoms with E-state index >= 15 is 0 Å². The fraction of sp³-hybridized carbons (Fsp3) is 0.0714. The molecule has 0 atom stereocenters. The predicted molar refractivity (Wildman–Crippen MR) is 82.7 cm³/mol. The number of rotatable bonds is 4. The van der Waals surface area contributed by atoms with Gasteiger partial charge in [0.25, 0.3) is 5.91 Å². The highest BCUT2D eigenvalue weighted by Crippen LogP contribution is 2.22. The second-order valence-corrected chi connectivity index (χ2v) is 5.29. The normalized spacial score (nSPS) is 10.2. The van der Waals surface area contributed by atoms with E-state index in [2.05, 4.69) is 20.9 Å². The lowest BCUT2D eigenvalue weighted by Crippen LogP contribution is -2.36. The van der Waals surface area contributed by atoms with Crippen molar-refractivity contribution in [1.29, 1.82) is 0 Å². The van der Waals surface area contributed by atoms with E-state index in [0.29, 0.717) is 15.3 Å². The maximum atomic E-state index is 12.5. The molecule has 0 saturated heterocycles. The Morgan fingerprint density at radius 3 is 2.48 bits per heavy atom. The first-order chi connectivity index (χ1) is 9.99. The van der Waals surface area contributed by atoms with Crippen molar-refractivity contribution < 1.29 is 14.7 Å². The summed E-state index contributed by atoms with van der Waals surface area (Å²) in [6.45, 7) is -0.457. The molecule has 0 saturated carbocycles. The maximum Gasteiger partial charge on any atom is 0.323 e. The van der Waals surface area contributed by atoms with Gasteiger partial charge in [0.1, 0.15) is 11.1 Å². The molecule has 21 heavy (non-hydrogen) atoms. The van der Waals surface area contributed by atoms with Crippen LogP contribution >= 0.6 is 27.5 Å². The van der Waals surface area contributed by atoms with Gasteiger partial charge in [0.05, 0.1) is 5.56 Å². The van der Waals surface area contributed by atoms with Gasteiger partial charge in [-0.25, -0.2) is 4.98 Å². The topological polar surface area (TPSA) is 70.5 Å². The number of aliphatic carboxylic acids is 1. The Kier molecular flexibility index (Phi) is 4.93. The van der Waals surface area contributed by atoms with Gasteiger partial charge in [0.15, 0.2) is 0 Å². The van der Waals surface area contributed by atoms with Crippen LogP contribution in [0.25, 0.3) is 0 Å². The molecule has 2 rings (SSSR count). The van der Waals surface area contributed by atoms with Crippen molar-refractivity contribution in [3.63, 3.8) is 0 Å². The van der Waals surface area contributed by atoms with E-state index in [-0.39, 0.29) is 5.56 Å². The van der Waals surface area contributed by atoms with Crippen LogP contribution in [0.3, 0.4) is 0 Å². The first-order valence-corrected chi connectivity index (χ1v) is 7.06. The molecule has 5 nitrogen and oxygen atoms in total. The molecule has 0 fully saturated rings. The zero-order valence-electron chi connectivity index (χ0n) is 10.7. The standard InChI is InChI=1S/C14H10BrClN2O3/c15-13-11(2-1-7-17-13)14(21)18(8-12(19)20)10-5-3-9(16)4-6-10/h1-7H,8H2,(H,19,20). The Bertz CT molecular complexity index is 676. The summed E-state index contributed by atoms with van der Waals surface area (Å²) in [6.07, 6.45) is 1.53. The number of carbonyl (C=O) groups excluding carboxylic acids is 1. The molecule has 0 aliphatic rings. The number of carboxylic acids is 1. The molecule has 1 aromatic heterocycles. The summed E-state index contributed by atoms with van der Waals surface area (Å²) in [5, 5.41) is 9.52. The van der Waals surface area contributed by atoms with E-state index in [4.69, 9.17) is 16.7 Å². The quantitative estimate of drug-likeness (QED) is 0.840. The van der Waals surface area contributed by atoms with Gasteiger partial charge in [-0.3, -0.25) is 14.5 Å². The van der Waals surface area contributed by atoms with E-state index in [1.165, 1.54) is 6.20 Å². The summed E-state index contributed by atoms with van der Waals surface area (Å²) in [5.41, 5.74) is 0.733. The number of carboxylic acid groups (broad SMARTS) is 1. The van der Waals surface area contributed by atoms with Crippen molar-refractivity contribution >= 4 is 45.1 Å². The molecular formula is C14H10BrClN2O3. The molecule has 0 radical (unpaired) electrons. The number of hydrogen-bond donors (Lipinski definition) is 1. The highest BCUT2D eigenvalue weighted by atomic mass is 79.9. The molecule has 2 aromatic rings. The number of pyridine rings is 1. The third-order valence-electron chi connectivity index (χ3n) is 2.67. The van der Waals surface area contributed by atoms with Crippen molar-refractivity contribution in [2.75, 3.05) is 11.4 Å². The Morgan fingerprint density at radius 2 is 1.90 bits per heavy atom. The van der Waals surface area contributed by atoms with Crippen LogP contribution in [0.1, 0.15) is 10.4 Å². The second-order valence-electron chi connectivity index (χ2n) is 4.10. The number of hydrogen-bond acceptors (Lipinski definition) is 3. The molecule has 0 spiro atoms. The lowest BCUT2D eigenvalue weighted by Gasteiger charge is -2.21. The van der Waals surface area contributed by atoms with Crippen molar-refractivity contribution in [3.05, 3.63) is 57.8 Å². The van der Waals surface area contributed by atoms with Gasteiger partial charge < -0.3 is 5.11 Å². The first-order valence-electron chi connectivity index (χ1n) is 5.89. The van der Waals surface area contributed by atoms with E-state index in [1.54, 1.807) is 36.4 Å². The molecule has 1 heterocycles. The van der Waals surface area contributed by atoms with Gasteiger partial charge in [-0.05, 0) is 52.3 Å². The molecular weight excluding hydrogens is 360 g/mol. The monoisotopic (exact) mass is 368 g/mol. The summed E-state index contributed by atoms with van der Waals surface area (Å²) in [5.74, 6) is -1.57. The molecule has 1 aromatic carbocycles. The summed E-state index contributed by atoms with van der Waals surface area (Å²) in [4.78, 5) is 28.7. The van der Waals surface area contributed by atoms with Gasteiger partial charge in [-0.1, -0.05) is 11.6 Å². The molecule has 0 unspecified atom stereocenters. The number of carbonyl (C=O) groups is 2. The SMILES string of the molecule is O=C(O)CN(C(=O)c1cccnc1Br)c1ccc(Cl)cc1. The van der Waals surface area contributed by atoms with E-state index < -0.39 is 18.4 Å². The van der Waals surface area contributed by atoms with E-state index in [9.17, 15) is 9.59 Å². The van der Waals surface area contributed by atoms with Gasteiger partial charge in [-0.2, -0.15) is 0 Å². The minimum atomic E-state index is -1.11. The fourth-order valence-corrected chi connectivity index (χ4v) is 2.27. The highest BCUT2D eigenvalue weighted by molar-refractivity contribution is 9.10. The minimum absolute atomic E-state index is 0.286. The summed E-state index contributed by atoms with van der Waals surface area (Å²) in [7, 11) is 0. The molecule has 1 N–H and O–H groups in total. The summed E-state index contributed by atoms with van der Waals surface area (Å²) >= 11 is 9.00. The fourth-order valence-electron chi connectivity index (χ4n) is 1.73. The molecule has 0 aliphatic carbocycles. The minimum Gasteiger partial charge on any atom is -0.480 e. The molecule has 0 aliphatic heterocycles. The maximum absolute atomic E-state index is 12.5. The smallest absolute Gasteiger partial charge is 0.323 e. The number of benzene rings is 1. The number of aromatic nitrogens is 1. The van der Waals surface area contributed by atoms with Gasteiger partial charge in [-0.15, -0.1) is 0 Å². The largest absolute Gasteiger partial charge is 0.480 e. The number of amides is 1. The predicted octanol–water partition coefficient (Wildman–Crippen LogP) is 3.23. The Labute approximate surface area is 134 Å². The lowest BCUT2D eigenvalue weighted by molar-refractivity contribution is -0.135. The van der Waals surface area contributed by atoms with Crippen LogP contribution in [-0.2, 0) is 4.79 Å². The lowest BCUT2D eigenvalue weighted by atomic mass is 10.2. The third-order valence-corrected chi connectivity index (χ3v) is 3.55. The molecule has 0 bridgehead atoms. The van der Waals surface area contributed by atoms with Crippen LogP contribution in [0.4, 0.5) is 5.69 Å². The van der Waals surface area contributed by atoms with Gasteiger partial charge in [0.2, 0.25) is 0 Å². The van der Waals surface area contributed by atoms with Crippen molar-refractivity contribution in [1.82, 2.24) is 4.98 Å². The van der Waals surface area contributed by atoms with Gasteiger partial charge in [0, 0.05) is 16.9 Å².